The Hall–Kier alpha value is -0.610. The Balaban J connectivity index is 3.30. The Bertz CT molecular complexity index is 139. The largest absolute Gasteiger partial charge is 0.465 e. The van der Waals surface area contributed by atoms with Crippen LogP contribution in [0.25, 0.3) is 0 Å². The summed E-state index contributed by atoms with van der Waals surface area (Å²) >= 11 is 0. The molecule has 1 unspecified atom stereocenters. The number of esters is 1. The number of carbonyl (C=O) groups is 1. The molecule has 0 radical (unpaired) electrons. The first-order valence-corrected chi connectivity index (χ1v) is 4.77. The van der Waals surface area contributed by atoms with E-state index in [1.807, 2.05) is 13.8 Å². The quantitative estimate of drug-likeness (QED) is 0.351. The van der Waals surface area contributed by atoms with Gasteiger partial charge >= 0.3 is 5.97 Å². The van der Waals surface area contributed by atoms with Gasteiger partial charge in [0.2, 0.25) is 0 Å². The molecule has 0 aromatic rings. The molecule has 0 rings (SSSR count). The average Bonchev–Trinajstić information content (AvgIpc) is 2.14. The van der Waals surface area contributed by atoms with Crippen molar-refractivity contribution in [3.05, 3.63) is 0 Å². The first-order chi connectivity index (χ1) is 6.20. The molecular weight excluding hydrogens is 170 g/mol. The number of hydrogen-bond donors (Lipinski definition) is 2. The number of hydrogen-bond acceptors (Lipinski definition) is 4. The van der Waals surface area contributed by atoms with Gasteiger partial charge in [-0.2, -0.15) is 0 Å². The Labute approximate surface area is 79.3 Å². The molecule has 0 heterocycles. The summed E-state index contributed by atoms with van der Waals surface area (Å²) in [6.07, 6.45) is 1.88. The van der Waals surface area contributed by atoms with Crippen LogP contribution < -0.4 is 5.32 Å². The third-order valence-corrected chi connectivity index (χ3v) is 1.63. The fourth-order valence-electron chi connectivity index (χ4n) is 0.727. The van der Waals surface area contributed by atoms with Crippen LogP contribution in [0.15, 0.2) is 0 Å². The number of nitrogens with one attached hydrogen (secondary N) is 1. The molecule has 0 saturated heterocycles. The second-order valence-electron chi connectivity index (χ2n) is 2.88. The molecule has 0 fully saturated rings. The van der Waals surface area contributed by atoms with Gasteiger partial charge in [-0.05, 0) is 12.8 Å². The molecule has 0 spiro atoms. The van der Waals surface area contributed by atoms with Crippen LogP contribution in [0.4, 0.5) is 0 Å². The maximum Gasteiger partial charge on any atom is 0.319 e. The molecule has 2 N–H and O–H groups in total. The number of aliphatic hydroxyl groups is 1. The SMILES string of the molecule is CCCCOC(=O)CNC(O)CC. The zero-order valence-electron chi connectivity index (χ0n) is 8.38. The molecule has 4 heteroatoms. The van der Waals surface area contributed by atoms with Crippen molar-refractivity contribution < 1.29 is 14.6 Å². The van der Waals surface area contributed by atoms with Crippen molar-refractivity contribution in [1.82, 2.24) is 5.32 Å². The first-order valence-electron chi connectivity index (χ1n) is 4.77. The first kappa shape index (κ1) is 12.4. The molecule has 0 saturated carbocycles. The van der Waals surface area contributed by atoms with Crippen molar-refractivity contribution in [3.8, 4) is 0 Å². The number of carbonyl (C=O) groups excluding carboxylic acids is 1. The van der Waals surface area contributed by atoms with Crippen LogP contribution in [-0.2, 0) is 9.53 Å². The molecule has 4 nitrogen and oxygen atoms in total. The highest BCUT2D eigenvalue weighted by Crippen LogP contribution is 1.89. The van der Waals surface area contributed by atoms with E-state index in [0.717, 1.165) is 12.8 Å². The maximum absolute atomic E-state index is 10.9. The van der Waals surface area contributed by atoms with Crippen molar-refractivity contribution >= 4 is 5.97 Å². The predicted octanol–water partition coefficient (Wildman–Crippen LogP) is 0.648. The number of rotatable bonds is 7. The van der Waals surface area contributed by atoms with Gasteiger partial charge < -0.3 is 9.84 Å². The molecular formula is C9H19NO3. The van der Waals surface area contributed by atoms with Crippen LogP contribution in [0.2, 0.25) is 0 Å². The fourth-order valence-corrected chi connectivity index (χ4v) is 0.727. The van der Waals surface area contributed by atoms with Crippen LogP contribution in [-0.4, -0.2) is 30.5 Å². The number of aliphatic hydroxyl groups excluding tert-OH is 1. The predicted molar refractivity (Wildman–Crippen MR) is 50.2 cm³/mol. The van der Waals surface area contributed by atoms with Crippen molar-refractivity contribution in [2.75, 3.05) is 13.2 Å². The highest BCUT2D eigenvalue weighted by molar-refractivity contribution is 5.71. The van der Waals surface area contributed by atoms with Gasteiger partial charge in [-0.25, -0.2) is 0 Å². The van der Waals surface area contributed by atoms with Gasteiger partial charge in [0, 0.05) is 0 Å². The lowest BCUT2D eigenvalue weighted by Gasteiger charge is -2.09. The topological polar surface area (TPSA) is 58.6 Å². The summed E-state index contributed by atoms with van der Waals surface area (Å²) in [4.78, 5) is 10.9. The van der Waals surface area contributed by atoms with E-state index in [0.29, 0.717) is 13.0 Å². The summed E-state index contributed by atoms with van der Waals surface area (Å²) < 4.78 is 4.86. The zero-order chi connectivity index (χ0) is 10.1. The standard InChI is InChI=1S/C9H19NO3/c1-3-5-6-13-9(12)7-10-8(11)4-2/h8,10-11H,3-7H2,1-2H3. The molecule has 78 valence electrons. The maximum atomic E-state index is 10.9. The summed E-state index contributed by atoms with van der Waals surface area (Å²) in [6, 6.07) is 0. The molecule has 0 aliphatic rings. The molecule has 0 aromatic heterocycles. The van der Waals surface area contributed by atoms with Crippen LogP contribution in [0.1, 0.15) is 33.1 Å². The van der Waals surface area contributed by atoms with Gasteiger partial charge in [-0.3, -0.25) is 10.1 Å². The van der Waals surface area contributed by atoms with Crippen LogP contribution in [0.3, 0.4) is 0 Å². The highest BCUT2D eigenvalue weighted by atomic mass is 16.5. The fraction of sp³-hybridized carbons (Fsp3) is 0.889. The Kier molecular flexibility index (Phi) is 7.63. The summed E-state index contributed by atoms with van der Waals surface area (Å²) in [5.41, 5.74) is 0. The third-order valence-electron chi connectivity index (χ3n) is 1.63. The van der Waals surface area contributed by atoms with Gasteiger partial charge in [0.1, 0.15) is 6.23 Å². The van der Waals surface area contributed by atoms with Gasteiger partial charge in [0.15, 0.2) is 0 Å². The van der Waals surface area contributed by atoms with E-state index in [-0.39, 0.29) is 12.5 Å². The molecule has 0 aromatic carbocycles. The smallest absolute Gasteiger partial charge is 0.319 e. The Morgan fingerprint density at radius 3 is 2.77 bits per heavy atom. The van der Waals surface area contributed by atoms with Crippen LogP contribution >= 0.6 is 0 Å². The van der Waals surface area contributed by atoms with Gasteiger partial charge in [-0.15, -0.1) is 0 Å². The summed E-state index contributed by atoms with van der Waals surface area (Å²) in [5.74, 6) is -0.305. The summed E-state index contributed by atoms with van der Waals surface area (Å²) in [7, 11) is 0. The lowest BCUT2D eigenvalue weighted by atomic mass is 10.4. The van der Waals surface area contributed by atoms with Gasteiger partial charge in [-0.1, -0.05) is 20.3 Å². The molecule has 0 aliphatic heterocycles. The highest BCUT2D eigenvalue weighted by Gasteiger charge is 2.04. The van der Waals surface area contributed by atoms with E-state index in [1.54, 1.807) is 0 Å². The van der Waals surface area contributed by atoms with Crippen molar-refractivity contribution in [1.29, 1.82) is 0 Å². The Morgan fingerprint density at radius 2 is 2.23 bits per heavy atom. The van der Waals surface area contributed by atoms with Crippen molar-refractivity contribution in [2.24, 2.45) is 0 Å². The van der Waals surface area contributed by atoms with Gasteiger partial charge in [0.25, 0.3) is 0 Å². The van der Waals surface area contributed by atoms with Gasteiger partial charge in [0.05, 0.1) is 13.2 Å². The van der Waals surface area contributed by atoms with E-state index >= 15 is 0 Å². The van der Waals surface area contributed by atoms with E-state index in [2.05, 4.69) is 5.32 Å². The minimum absolute atomic E-state index is 0.0821. The molecule has 1 atom stereocenters. The van der Waals surface area contributed by atoms with Crippen LogP contribution in [0.5, 0.6) is 0 Å². The second-order valence-corrected chi connectivity index (χ2v) is 2.88. The van der Waals surface area contributed by atoms with E-state index < -0.39 is 6.23 Å². The Morgan fingerprint density at radius 1 is 1.54 bits per heavy atom. The van der Waals surface area contributed by atoms with Crippen molar-refractivity contribution in [3.63, 3.8) is 0 Å². The van der Waals surface area contributed by atoms with E-state index in [1.165, 1.54) is 0 Å². The normalized spacial score (nSPS) is 12.5. The number of unbranched alkanes of at least 4 members (excludes halogenated alkanes) is 1. The van der Waals surface area contributed by atoms with Crippen molar-refractivity contribution in [2.45, 2.75) is 39.3 Å². The third kappa shape index (κ3) is 7.74. The number of ether oxygens (including phenoxy) is 1. The van der Waals surface area contributed by atoms with Crippen LogP contribution in [0, 0.1) is 0 Å². The summed E-state index contributed by atoms with van der Waals surface area (Å²) in [6.45, 7) is 4.42. The second kappa shape index (κ2) is 8.01. The van der Waals surface area contributed by atoms with E-state index in [9.17, 15) is 4.79 Å². The lowest BCUT2D eigenvalue weighted by molar-refractivity contribution is -0.143. The molecule has 13 heavy (non-hydrogen) atoms. The minimum atomic E-state index is -0.612. The van der Waals surface area contributed by atoms with E-state index in [4.69, 9.17) is 9.84 Å². The molecule has 0 aliphatic carbocycles. The summed E-state index contributed by atoms with van der Waals surface area (Å²) in [5, 5.41) is 11.7. The minimum Gasteiger partial charge on any atom is -0.465 e. The monoisotopic (exact) mass is 189 g/mol. The molecule has 0 bridgehead atoms. The average molecular weight is 189 g/mol. The molecule has 0 amide bonds. The zero-order valence-corrected chi connectivity index (χ0v) is 8.38. The lowest BCUT2D eigenvalue weighted by Crippen LogP contribution is -2.33.